The van der Waals surface area contributed by atoms with Crippen molar-refractivity contribution in [1.82, 2.24) is 4.57 Å². The fourth-order valence-corrected chi connectivity index (χ4v) is 1.90. The minimum atomic E-state index is -0.949. The lowest BCUT2D eigenvalue weighted by molar-refractivity contribution is 0.0697. The molecule has 22 heavy (non-hydrogen) atoms. The lowest BCUT2D eigenvalue weighted by atomic mass is 10.2. The summed E-state index contributed by atoms with van der Waals surface area (Å²) in [7, 11) is 0. The number of nitrogens with two attached hydrogens (primary N) is 1. The third-order valence-corrected chi connectivity index (χ3v) is 2.98. The van der Waals surface area contributed by atoms with Gasteiger partial charge < -0.3 is 20.1 Å². The third kappa shape index (κ3) is 3.61. The Bertz CT molecular complexity index is 719. The standard InChI is InChI=1S/C17H18N2O3/c1-12(2)11-22-16-10-19(9-14(16)7-8-18)15-5-3-13(4-6-15)17(20)21/h3-6,9-10,12H,11,18H2,1-2H3,(H,20,21). The van der Waals surface area contributed by atoms with Gasteiger partial charge in [0.15, 0.2) is 5.75 Å². The van der Waals surface area contributed by atoms with Crippen LogP contribution in [0.4, 0.5) is 0 Å². The summed E-state index contributed by atoms with van der Waals surface area (Å²) in [6.07, 6.45) is 3.63. The Balaban J connectivity index is 2.32. The molecule has 0 aliphatic rings. The van der Waals surface area contributed by atoms with Gasteiger partial charge in [-0.25, -0.2) is 4.79 Å². The van der Waals surface area contributed by atoms with Crippen molar-refractivity contribution in [1.29, 1.82) is 0 Å². The van der Waals surface area contributed by atoms with Crippen molar-refractivity contribution in [3.63, 3.8) is 0 Å². The monoisotopic (exact) mass is 298 g/mol. The number of aromatic carboxylic acids is 1. The van der Waals surface area contributed by atoms with Crippen LogP contribution in [0.15, 0.2) is 36.7 Å². The largest absolute Gasteiger partial charge is 0.490 e. The second kappa shape index (κ2) is 6.72. The van der Waals surface area contributed by atoms with Crippen LogP contribution in [0.5, 0.6) is 5.75 Å². The van der Waals surface area contributed by atoms with Gasteiger partial charge in [0, 0.05) is 17.9 Å². The molecule has 3 N–H and O–H groups in total. The number of ether oxygens (including phenoxy) is 1. The molecule has 2 aromatic rings. The van der Waals surface area contributed by atoms with Crippen molar-refractivity contribution < 1.29 is 14.6 Å². The van der Waals surface area contributed by atoms with Gasteiger partial charge in [-0.3, -0.25) is 0 Å². The molecule has 0 fully saturated rings. The van der Waals surface area contributed by atoms with E-state index in [0.29, 0.717) is 23.8 Å². The summed E-state index contributed by atoms with van der Waals surface area (Å²) in [5, 5.41) is 8.93. The quantitative estimate of drug-likeness (QED) is 0.656. The van der Waals surface area contributed by atoms with E-state index in [0.717, 1.165) is 5.69 Å². The number of nitrogens with zero attached hydrogens (tertiary/aromatic N) is 1. The molecule has 1 heterocycles. The maximum Gasteiger partial charge on any atom is 0.335 e. The lowest BCUT2D eigenvalue weighted by Crippen LogP contribution is -2.04. The first kappa shape index (κ1) is 15.5. The number of hydrogen-bond donors (Lipinski definition) is 2. The van der Waals surface area contributed by atoms with Gasteiger partial charge in [0.1, 0.15) is 0 Å². The van der Waals surface area contributed by atoms with Crippen LogP contribution >= 0.6 is 0 Å². The smallest absolute Gasteiger partial charge is 0.335 e. The summed E-state index contributed by atoms with van der Waals surface area (Å²) in [6, 6.07) is 8.96. The number of hydrogen-bond acceptors (Lipinski definition) is 3. The minimum Gasteiger partial charge on any atom is -0.490 e. The zero-order valence-electron chi connectivity index (χ0n) is 12.5. The predicted octanol–water partition coefficient (Wildman–Crippen LogP) is 2.48. The number of carboxylic acids is 1. The average molecular weight is 298 g/mol. The highest BCUT2D eigenvalue weighted by Crippen LogP contribution is 2.23. The average Bonchev–Trinajstić information content (AvgIpc) is 2.89. The molecule has 114 valence electrons. The number of carboxylic acid groups (broad SMARTS) is 1. The van der Waals surface area contributed by atoms with Crippen LogP contribution in [-0.4, -0.2) is 22.2 Å². The fraction of sp³-hybridized carbons (Fsp3) is 0.235. The molecule has 0 saturated heterocycles. The Morgan fingerprint density at radius 2 is 2.00 bits per heavy atom. The van der Waals surface area contributed by atoms with Gasteiger partial charge in [-0.15, -0.1) is 0 Å². The zero-order valence-corrected chi connectivity index (χ0v) is 12.5. The van der Waals surface area contributed by atoms with E-state index in [-0.39, 0.29) is 5.56 Å². The summed E-state index contributed by atoms with van der Waals surface area (Å²) in [5.74, 6) is 2.92. The Hall–Kier alpha value is -2.87. The Kier molecular flexibility index (Phi) is 4.74. The van der Waals surface area contributed by atoms with Crippen LogP contribution in [0.25, 0.3) is 5.69 Å². The van der Waals surface area contributed by atoms with Gasteiger partial charge >= 0.3 is 5.97 Å². The van der Waals surface area contributed by atoms with Crippen molar-refractivity contribution in [2.45, 2.75) is 13.8 Å². The molecule has 0 aliphatic heterocycles. The summed E-state index contributed by atoms with van der Waals surface area (Å²) in [6.45, 7) is 4.72. The molecule has 1 aromatic heterocycles. The molecule has 1 aromatic carbocycles. The SMILES string of the molecule is CC(C)COc1cn(-c2ccc(C(=O)O)cc2)cc1C#CN. The summed E-state index contributed by atoms with van der Waals surface area (Å²) in [5.41, 5.74) is 7.06. The van der Waals surface area contributed by atoms with E-state index in [2.05, 4.69) is 25.8 Å². The zero-order chi connectivity index (χ0) is 16.1. The van der Waals surface area contributed by atoms with Gasteiger partial charge in [0.05, 0.1) is 23.9 Å². The molecule has 2 rings (SSSR count). The molecule has 5 nitrogen and oxygen atoms in total. The van der Waals surface area contributed by atoms with Crippen molar-refractivity contribution >= 4 is 5.97 Å². The molecule has 0 bridgehead atoms. The van der Waals surface area contributed by atoms with Crippen molar-refractivity contribution in [2.24, 2.45) is 11.7 Å². The van der Waals surface area contributed by atoms with Crippen LogP contribution in [0, 0.1) is 17.9 Å². The topological polar surface area (TPSA) is 77.5 Å². The van der Waals surface area contributed by atoms with Gasteiger partial charge in [0.25, 0.3) is 0 Å². The predicted molar refractivity (Wildman–Crippen MR) is 84.1 cm³/mol. The molecule has 0 saturated carbocycles. The molecule has 0 amide bonds. The minimum absolute atomic E-state index is 0.245. The van der Waals surface area contributed by atoms with E-state index in [1.165, 1.54) is 0 Å². The van der Waals surface area contributed by atoms with E-state index in [1.54, 1.807) is 24.3 Å². The fourth-order valence-electron chi connectivity index (χ4n) is 1.90. The molecule has 0 atom stereocenters. The second-order valence-corrected chi connectivity index (χ2v) is 5.27. The number of carbonyl (C=O) groups is 1. The maximum atomic E-state index is 10.9. The first-order valence-electron chi connectivity index (χ1n) is 6.91. The summed E-state index contributed by atoms with van der Waals surface area (Å²) >= 11 is 0. The number of benzene rings is 1. The maximum absolute atomic E-state index is 10.9. The first-order chi connectivity index (χ1) is 10.5. The lowest BCUT2D eigenvalue weighted by Gasteiger charge is -2.07. The van der Waals surface area contributed by atoms with Gasteiger partial charge in [0.2, 0.25) is 0 Å². The molecule has 0 unspecified atom stereocenters. The van der Waals surface area contributed by atoms with Crippen LogP contribution in [0.3, 0.4) is 0 Å². The highest BCUT2D eigenvalue weighted by Gasteiger charge is 2.09. The summed E-state index contributed by atoms with van der Waals surface area (Å²) < 4.78 is 7.58. The van der Waals surface area contributed by atoms with Crippen LogP contribution in [0.1, 0.15) is 29.8 Å². The first-order valence-corrected chi connectivity index (χ1v) is 6.91. The Morgan fingerprint density at radius 1 is 1.32 bits per heavy atom. The molecular formula is C17H18N2O3. The molecule has 0 aliphatic carbocycles. The molecular weight excluding hydrogens is 280 g/mol. The van der Waals surface area contributed by atoms with E-state index >= 15 is 0 Å². The van der Waals surface area contributed by atoms with E-state index in [9.17, 15) is 4.79 Å². The van der Waals surface area contributed by atoms with Gasteiger partial charge in [-0.1, -0.05) is 13.8 Å². The normalized spacial score (nSPS) is 10.1. The van der Waals surface area contributed by atoms with Gasteiger partial charge in [-0.2, -0.15) is 0 Å². The summed E-state index contributed by atoms with van der Waals surface area (Å²) in [4.78, 5) is 10.9. The van der Waals surface area contributed by atoms with Crippen LogP contribution < -0.4 is 10.5 Å². The highest BCUT2D eigenvalue weighted by molar-refractivity contribution is 5.87. The molecule has 5 heteroatoms. The van der Waals surface area contributed by atoms with Crippen molar-refractivity contribution in [3.05, 3.63) is 47.8 Å². The number of rotatable bonds is 5. The van der Waals surface area contributed by atoms with Crippen molar-refractivity contribution in [3.8, 4) is 23.4 Å². The Labute approximate surface area is 129 Å². The van der Waals surface area contributed by atoms with Gasteiger partial charge in [-0.05, 0) is 36.1 Å². The Morgan fingerprint density at radius 3 is 2.55 bits per heavy atom. The van der Waals surface area contributed by atoms with Crippen LogP contribution in [-0.2, 0) is 0 Å². The highest BCUT2D eigenvalue weighted by atomic mass is 16.5. The van der Waals surface area contributed by atoms with Crippen LogP contribution in [0.2, 0.25) is 0 Å². The second-order valence-electron chi connectivity index (χ2n) is 5.27. The molecule has 0 spiro atoms. The van der Waals surface area contributed by atoms with E-state index < -0.39 is 5.97 Å². The molecule has 0 radical (unpaired) electrons. The van der Waals surface area contributed by atoms with E-state index in [4.69, 9.17) is 15.6 Å². The third-order valence-electron chi connectivity index (χ3n) is 2.98. The number of aromatic nitrogens is 1. The van der Waals surface area contributed by atoms with E-state index in [1.807, 2.05) is 17.0 Å². The van der Waals surface area contributed by atoms with Crippen molar-refractivity contribution in [2.75, 3.05) is 6.61 Å².